The summed E-state index contributed by atoms with van der Waals surface area (Å²) >= 11 is 0. The van der Waals surface area contributed by atoms with Crippen molar-refractivity contribution >= 4 is 5.78 Å². The van der Waals surface area contributed by atoms with Crippen LogP contribution < -0.4 is 0 Å². The van der Waals surface area contributed by atoms with Crippen molar-refractivity contribution < 1.29 is 9.90 Å². The fourth-order valence-corrected chi connectivity index (χ4v) is 4.93. The van der Waals surface area contributed by atoms with Gasteiger partial charge in [0.1, 0.15) is 16.9 Å². The highest BCUT2D eigenvalue weighted by Gasteiger charge is 2.41. The second kappa shape index (κ2) is 10.2. The van der Waals surface area contributed by atoms with Gasteiger partial charge in [-0.05, 0) is 29.5 Å². The number of Topliss-reactive ketones (excluding diaryl/α,β-unsaturated/α-hetero) is 1. The van der Waals surface area contributed by atoms with E-state index < -0.39 is 11.1 Å². The molecule has 4 nitrogen and oxygen atoms in total. The van der Waals surface area contributed by atoms with Gasteiger partial charge in [-0.25, -0.2) is 4.98 Å². The van der Waals surface area contributed by atoms with Crippen molar-refractivity contribution in [1.82, 2.24) is 9.55 Å². The summed E-state index contributed by atoms with van der Waals surface area (Å²) in [6, 6.07) is 31.2. The molecule has 1 N–H and O–H groups in total. The summed E-state index contributed by atoms with van der Waals surface area (Å²) in [5.41, 5.74) is 2.20. The minimum Gasteiger partial charge on any atom is -0.383 e. The summed E-state index contributed by atoms with van der Waals surface area (Å²) in [7, 11) is 0. The highest BCUT2D eigenvalue weighted by atomic mass is 16.3. The molecule has 0 aliphatic heterocycles. The summed E-state index contributed by atoms with van der Waals surface area (Å²) in [6.07, 6.45) is 5.39. The Labute approximate surface area is 201 Å². The number of carbonyl (C=O) groups excluding carboxylic acids is 1. The topological polar surface area (TPSA) is 55.1 Å². The van der Waals surface area contributed by atoms with Crippen LogP contribution in [0.15, 0.2) is 104 Å². The Hall–Kier alpha value is -3.50. The first kappa shape index (κ1) is 23.7. The molecule has 1 aliphatic rings. The number of rotatable bonds is 5. The number of carbonyl (C=O) groups is 1. The molecule has 0 radical (unpaired) electrons. The molecular weight excluding hydrogens is 420 g/mol. The van der Waals surface area contributed by atoms with Gasteiger partial charge >= 0.3 is 0 Å². The van der Waals surface area contributed by atoms with Crippen molar-refractivity contribution in [2.45, 2.75) is 50.7 Å². The lowest BCUT2D eigenvalue weighted by Gasteiger charge is -2.37. The van der Waals surface area contributed by atoms with E-state index in [9.17, 15) is 9.90 Å². The van der Waals surface area contributed by atoms with Crippen molar-refractivity contribution in [2.24, 2.45) is 0 Å². The molecule has 34 heavy (non-hydrogen) atoms. The van der Waals surface area contributed by atoms with Crippen LogP contribution in [-0.4, -0.2) is 20.4 Å². The van der Waals surface area contributed by atoms with Crippen molar-refractivity contribution in [1.29, 1.82) is 0 Å². The molecule has 4 aromatic rings. The SMILES string of the molecule is CC.O=C1CCC(O)(c2cn(C(c3ccccc3)(c3ccccc3)c3ccccc3)cn2)CC1. The van der Waals surface area contributed by atoms with E-state index in [1.165, 1.54) is 0 Å². The fourth-order valence-electron chi connectivity index (χ4n) is 4.93. The number of aromatic nitrogens is 2. The smallest absolute Gasteiger partial charge is 0.133 e. The lowest BCUT2D eigenvalue weighted by atomic mass is 9.76. The zero-order chi connectivity index (χ0) is 24.0. The van der Waals surface area contributed by atoms with E-state index in [-0.39, 0.29) is 5.78 Å². The van der Waals surface area contributed by atoms with E-state index in [1.807, 2.05) is 81.0 Å². The average Bonchev–Trinajstić information content (AvgIpc) is 3.41. The monoisotopic (exact) mass is 452 g/mol. The fraction of sp³-hybridized carbons (Fsp3) is 0.267. The van der Waals surface area contributed by atoms with Crippen LogP contribution in [0.4, 0.5) is 0 Å². The first-order valence-electron chi connectivity index (χ1n) is 12.1. The van der Waals surface area contributed by atoms with E-state index in [4.69, 9.17) is 0 Å². The molecule has 0 saturated heterocycles. The Morgan fingerprint density at radius 3 is 1.59 bits per heavy atom. The molecule has 4 heteroatoms. The molecule has 0 amide bonds. The average molecular weight is 453 g/mol. The second-order valence-electron chi connectivity index (χ2n) is 8.54. The maximum atomic E-state index is 11.8. The maximum Gasteiger partial charge on any atom is 0.133 e. The summed E-state index contributed by atoms with van der Waals surface area (Å²) in [6.45, 7) is 4.00. The van der Waals surface area contributed by atoms with Gasteiger partial charge in [0, 0.05) is 19.0 Å². The molecule has 0 unspecified atom stereocenters. The molecule has 3 aromatic carbocycles. The summed E-state index contributed by atoms with van der Waals surface area (Å²) < 4.78 is 2.11. The predicted molar refractivity (Wildman–Crippen MR) is 136 cm³/mol. The Balaban J connectivity index is 0.00000133. The number of hydrogen-bond donors (Lipinski definition) is 1. The van der Waals surface area contributed by atoms with Crippen LogP contribution >= 0.6 is 0 Å². The second-order valence-corrected chi connectivity index (χ2v) is 8.54. The zero-order valence-corrected chi connectivity index (χ0v) is 19.9. The van der Waals surface area contributed by atoms with Gasteiger partial charge in [-0.1, -0.05) is 105 Å². The van der Waals surface area contributed by atoms with Crippen LogP contribution in [0.25, 0.3) is 0 Å². The summed E-state index contributed by atoms with van der Waals surface area (Å²) in [5, 5.41) is 11.3. The molecule has 1 aromatic heterocycles. The minimum absolute atomic E-state index is 0.210. The van der Waals surface area contributed by atoms with Crippen LogP contribution in [0.5, 0.6) is 0 Å². The Morgan fingerprint density at radius 2 is 1.18 bits per heavy atom. The number of benzene rings is 3. The third-order valence-corrected chi connectivity index (χ3v) is 6.66. The van der Waals surface area contributed by atoms with Crippen molar-refractivity contribution in [3.63, 3.8) is 0 Å². The first-order valence-corrected chi connectivity index (χ1v) is 12.1. The van der Waals surface area contributed by atoms with Crippen LogP contribution in [0.1, 0.15) is 61.9 Å². The third kappa shape index (κ3) is 4.22. The molecule has 1 aliphatic carbocycles. The molecular formula is C30H32N2O2. The number of nitrogens with zero attached hydrogens (tertiary/aromatic N) is 2. The van der Waals surface area contributed by atoms with Gasteiger partial charge in [-0.15, -0.1) is 0 Å². The van der Waals surface area contributed by atoms with Crippen molar-refractivity contribution in [2.75, 3.05) is 0 Å². The molecule has 0 atom stereocenters. The van der Waals surface area contributed by atoms with Gasteiger partial charge in [0.15, 0.2) is 0 Å². The Morgan fingerprint density at radius 1 is 0.765 bits per heavy atom. The lowest BCUT2D eigenvalue weighted by molar-refractivity contribution is -0.125. The Bertz CT molecular complexity index is 1090. The van der Waals surface area contributed by atoms with Crippen LogP contribution in [0, 0.1) is 0 Å². The van der Waals surface area contributed by atoms with Crippen molar-refractivity contribution in [3.05, 3.63) is 126 Å². The van der Waals surface area contributed by atoms with Gasteiger partial charge in [-0.3, -0.25) is 4.79 Å². The first-order chi connectivity index (χ1) is 16.6. The molecule has 5 rings (SSSR count). The normalized spacial score (nSPS) is 15.3. The molecule has 0 spiro atoms. The van der Waals surface area contributed by atoms with E-state index in [2.05, 4.69) is 45.9 Å². The van der Waals surface area contributed by atoms with Crippen LogP contribution in [-0.2, 0) is 15.9 Å². The van der Waals surface area contributed by atoms with E-state index >= 15 is 0 Å². The molecule has 1 saturated carbocycles. The quantitative estimate of drug-likeness (QED) is 0.373. The largest absolute Gasteiger partial charge is 0.383 e. The maximum absolute atomic E-state index is 11.8. The minimum atomic E-state index is -1.07. The molecule has 1 heterocycles. The van der Waals surface area contributed by atoms with E-state index in [0.717, 1.165) is 16.7 Å². The Kier molecular flexibility index (Phi) is 7.09. The summed E-state index contributed by atoms with van der Waals surface area (Å²) in [5.74, 6) is 0.210. The third-order valence-electron chi connectivity index (χ3n) is 6.66. The molecule has 174 valence electrons. The number of hydrogen-bond acceptors (Lipinski definition) is 3. The van der Waals surface area contributed by atoms with Gasteiger partial charge in [-0.2, -0.15) is 0 Å². The highest BCUT2D eigenvalue weighted by Crippen LogP contribution is 2.42. The predicted octanol–water partition coefficient (Wildman–Crippen LogP) is 6.08. The number of ketones is 1. The molecule has 1 fully saturated rings. The van der Waals surface area contributed by atoms with Gasteiger partial charge in [0.2, 0.25) is 0 Å². The standard InChI is InChI=1S/C28H26N2O2.C2H6/c31-25-16-18-27(32,19-17-25)26-20-30(21-29-26)28(22-10-4-1-5-11-22,23-12-6-2-7-13-23)24-14-8-3-9-15-24;1-2/h1-15,20-21,32H,16-19H2;1-2H3. The van der Waals surface area contributed by atoms with Gasteiger partial charge in [0.25, 0.3) is 0 Å². The van der Waals surface area contributed by atoms with Crippen LogP contribution in [0.2, 0.25) is 0 Å². The number of imidazole rings is 1. The van der Waals surface area contributed by atoms with E-state index in [1.54, 1.807) is 0 Å². The zero-order valence-electron chi connectivity index (χ0n) is 19.9. The van der Waals surface area contributed by atoms with E-state index in [0.29, 0.717) is 31.4 Å². The van der Waals surface area contributed by atoms with Gasteiger partial charge < -0.3 is 9.67 Å². The number of aliphatic hydroxyl groups is 1. The lowest BCUT2D eigenvalue weighted by Crippen LogP contribution is -2.37. The van der Waals surface area contributed by atoms with Crippen LogP contribution in [0.3, 0.4) is 0 Å². The highest BCUT2D eigenvalue weighted by molar-refractivity contribution is 5.79. The summed E-state index contributed by atoms with van der Waals surface area (Å²) in [4.78, 5) is 16.4. The van der Waals surface area contributed by atoms with Gasteiger partial charge in [0.05, 0.1) is 12.0 Å². The molecule has 0 bridgehead atoms. The van der Waals surface area contributed by atoms with Crippen molar-refractivity contribution in [3.8, 4) is 0 Å².